The van der Waals surface area contributed by atoms with E-state index in [0.29, 0.717) is 19.5 Å². The third kappa shape index (κ3) is 6.04. The number of hydrogen-bond acceptors (Lipinski definition) is 1. The average Bonchev–Trinajstić information content (AvgIpc) is 2.92. The molecule has 0 N–H and O–H groups in total. The van der Waals surface area contributed by atoms with E-state index in [1.54, 1.807) is 12.1 Å². The second-order valence-corrected chi connectivity index (χ2v) is 7.81. The van der Waals surface area contributed by atoms with E-state index in [1.807, 2.05) is 29.3 Å². The van der Waals surface area contributed by atoms with Crippen molar-refractivity contribution in [2.24, 2.45) is 5.41 Å². The van der Waals surface area contributed by atoms with Gasteiger partial charge in [-0.25, -0.2) is 4.39 Å². The Kier molecular flexibility index (Phi) is 6.40. The van der Waals surface area contributed by atoms with Crippen LogP contribution >= 0.6 is 0 Å². The maximum Gasteiger partial charge on any atom is 0.223 e. The summed E-state index contributed by atoms with van der Waals surface area (Å²) in [6, 6.07) is 10.7. The van der Waals surface area contributed by atoms with Crippen LogP contribution in [0.25, 0.3) is 0 Å². The smallest absolute Gasteiger partial charge is 0.223 e. The van der Waals surface area contributed by atoms with Crippen LogP contribution in [0.3, 0.4) is 0 Å². The summed E-state index contributed by atoms with van der Waals surface area (Å²) in [7, 11) is 0. The van der Waals surface area contributed by atoms with Crippen LogP contribution in [0.15, 0.2) is 42.6 Å². The number of aromatic nitrogens is 1. The normalized spacial score (nSPS) is 11.6. The lowest BCUT2D eigenvalue weighted by Crippen LogP contribution is -2.34. The predicted octanol–water partition coefficient (Wildman–Crippen LogP) is 4.85. The van der Waals surface area contributed by atoms with Gasteiger partial charge in [0.25, 0.3) is 0 Å². The van der Waals surface area contributed by atoms with Gasteiger partial charge in [-0.05, 0) is 41.7 Å². The van der Waals surface area contributed by atoms with Crippen LogP contribution in [0.1, 0.15) is 51.8 Å². The summed E-state index contributed by atoms with van der Waals surface area (Å²) in [5, 5.41) is 0. The highest BCUT2D eigenvalue weighted by Gasteiger charge is 2.21. The third-order valence-corrected chi connectivity index (χ3v) is 4.05. The summed E-state index contributed by atoms with van der Waals surface area (Å²) in [6.45, 7) is 10.3. The van der Waals surface area contributed by atoms with E-state index in [-0.39, 0.29) is 17.1 Å². The number of carbonyl (C=O) groups is 1. The molecule has 1 aromatic heterocycles. The van der Waals surface area contributed by atoms with Crippen molar-refractivity contribution in [2.45, 2.75) is 53.6 Å². The summed E-state index contributed by atoms with van der Waals surface area (Å²) in [5.74, 6) is -0.0352. The fourth-order valence-corrected chi connectivity index (χ4v) is 2.90. The molecule has 1 heterocycles. The first-order chi connectivity index (χ1) is 11.8. The van der Waals surface area contributed by atoms with Crippen molar-refractivity contribution in [1.82, 2.24) is 9.47 Å². The highest BCUT2D eigenvalue weighted by molar-refractivity contribution is 5.76. The summed E-state index contributed by atoms with van der Waals surface area (Å²) < 4.78 is 15.5. The van der Waals surface area contributed by atoms with Gasteiger partial charge in [-0.15, -0.1) is 0 Å². The second kappa shape index (κ2) is 8.32. The van der Waals surface area contributed by atoms with Gasteiger partial charge in [-0.2, -0.15) is 0 Å². The zero-order valence-corrected chi connectivity index (χ0v) is 15.8. The van der Waals surface area contributed by atoms with Crippen molar-refractivity contribution in [3.8, 4) is 0 Å². The lowest BCUT2D eigenvalue weighted by molar-refractivity contribution is -0.133. The predicted molar refractivity (Wildman–Crippen MR) is 99.7 cm³/mol. The molecule has 0 saturated heterocycles. The standard InChI is InChI=1S/C21H29FN2O/c1-5-11-24(20(25)14-21(2,3)4)16-19-10-7-12-23(19)15-17-8-6-9-18(22)13-17/h6-10,12-13H,5,11,14-16H2,1-4H3. The van der Waals surface area contributed by atoms with Crippen LogP contribution in [-0.2, 0) is 17.9 Å². The molecule has 2 aromatic rings. The van der Waals surface area contributed by atoms with Crippen molar-refractivity contribution >= 4 is 5.91 Å². The summed E-state index contributed by atoms with van der Waals surface area (Å²) in [4.78, 5) is 14.6. The van der Waals surface area contributed by atoms with Gasteiger partial charge in [0.2, 0.25) is 5.91 Å². The minimum atomic E-state index is -0.223. The molecule has 0 unspecified atom stereocenters. The molecule has 2 rings (SSSR count). The van der Waals surface area contributed by atoms with Crippen molar-refractivity contribution in [1.29, 1.82) is 0 Å². The highest BCUT2D eigenvalue weighted by Crippen LogP contribution is 2.21. The van der Waals surface area contributed by atoms with Crippen molar-refractivity contribution < 1.29 is 9.18 Å². The Morgan fingerprint density at radius 2 is 1.96 bits per heavy atom. The molecule has 0 atom stereocenters. The molecule has 0 fully saturated rings. The zero-order chi connectivity index (χ0) is 18.4. The lowest BCUT2D eigenvalue weighted by atomic mass is 9.91. The van der Waals surface area contributed by atoms with Gasteiger partial charge in [-0.3, -0.25) is 4.79 Å². The Morgan fingerprint density at radius 1 is 1.20 bits per heavy atom. The number of halogens is 1. The van der Waals surface area contributed by atoms with Crippen LogP contribution in [0.4, 0.5) is 4.39 Å². The fraction of sp³-hybridized carbons (Fsp3) is 0.476. The van der Waals surface area contributed by atoms with Crippen molar-refractivity contribution in [2.75, 3.05) is 6.54 Å². The minimum absolute atomic E-state index is 0.0212. The largest absolute Gasteiger partial charge is 0.345 e. The molecule has 0 aliphatic heterocycles. The zero-order valence-electron chi connectivity index (χ0n) is 15.8. The topological polar surface area (TPSA) is 25.2 Å². The van der Waals surface area contributed by atoms with Gasteiger partial charge < -0.3 is 9.47 Å². The molecule has 0 bridgehead atoms. The first-order valence-corrected chi connectivity index (χ1v) is 8.95. The second-order valence-electron chi connectivity index (χ2n) is 7.81. The number of hydrogen-bond donors (Lipinski definition) is 0. The number of nitrogens with zero attached hydrogens (tertiary/aromatic N) is 2. The Morgan fingerprint density at radius 3 is 2.60 bits per heavy atom. The molecule has 0 aliphatic rings. The van der Waals surface area contributed by atoms with Gasteiger partial charge in [0, 0.05) is 31.4 Å². The van der Waals surface area contributed by atoms with E-state index in [2.05, 4.69) is 32.3 Å². The summed E-state index contributed by atoms with van der Waals surface area (Å²) in [5.41, 5.74) is 1.97. The van der Waals surface area contributed by atoms with Gasteiger partial charge in [0.05, 0.1) is 6.54 Å². The Balaban J connectivity index is 2.12. The van der Waals surface area contributed by atoms with E-state index in [0.717, 1.165) is 24.2 Å². The van der Waals surface area contributed by atoms with Crippen LogP contribution in [0, 0.1) is 11.2 Å². The van der Waals surface area contributed by atoms with Gasteiger partial charge in [0.15, 0.2) is 0 Å². The molecule has 136 valence electrons. The van der Waals surface area contributed by atoms with Gasteiger partial charge >= 0.3 is 0 Å². The molecular formula is C21H29FN2O. The van der Waals surface area contributed by atoms with E-state index in [9.17, 15) is 9.18 Å². The Bertz CT molecular complexity index is 700. The monoisotopic (exact) mass is 344 g/mol. The van der Waals surface area contributed by atoms with Crippen LogP contribution < -0.4 is 0 Å². The van der Waals surface area contributed by atoms with E-state index >= 15 is 0 Å². The third-order valence-electron chi connectivity index (χ3n) is 4.05. The van der Waals surface area contributed by atoms with Gasteiger partial charge in [0.1, 0.15) is 5.82 Å². The van der Waals surface area contributed by atoms with Crippen molar-refractivity contribution in [3.05, 3.63) is 59.7 Å². The average molecular weight is 344 g/mol. The van der Waals surface area contributed by atoms with Gasteiger partial charge in [-0.1, -0.05) is 39.8 Å². The van der Waals surface area contributed by atoms with Crippen LogP contribution in [-0.4, -0.2) is 21.9 Å². The molecule has 0 saturated carbocycles. The molecular weight excluding hydrogens is 315 g/mol. The molecule has 4 heteroatoms. The first-order valence-electron chi connectivity index (χ1n) is 8.95. The first kappa shape index (κ1) is 19.2. The molecule has 0 aliphatic carbocycles. The minimum Gasteiger partial charge on any atom is -0.345 e. The molecule has 1 amide bonds. The quantitative estimate of drug-likeness (QED) is 0.705. The molecule has 1 aromatic carbocycles. The number of amides is 1. The maximum absolute atomic E-state index is 13.4. The van der Waals surface area contributed by atoms with E-state index < -0.39 is 0 Å². The molecule has 3 nitrogen and oxygen atoms in total. The van der Waals surface area contributed by atoms with E-state index in [1.165, 1.54) is 6.07 Å². The highest BCUT2D eigenvalue weighted by atomic mass is 19.1. The summed E-state index contributed by atoms with van der Waals surface area (Å²) >= 11 is 0. The fourth-order valence-electron chi connectivity index (χ4n) is 2.90. The van der Waals surface area contributed by atoms with Crippen molar-refractivity contribution in [3.63, 3.8) is 0 Å². The maximum atomic E-state index is 13.4. The molecule has 25 heavy (non-hydrogen) atoms. The lowest BCUT2D eigenvalue weighted by Gasteiger charge is -2.27. The molecule has 0 spiro atoms. The number of benzene rings is 1. The number of carbonyl (C=O) groups excluding carboxylic acids is 1. The Labute approximate surface area is 150 Å². The SMILES string of the molecule is CCCN(Cc1cccn1Cc1cccc(F)c1)C(=O)CC(C)(C)C. The number of rotatable bonds is 7. The molecule has 0 radical (unpaired) electrons. The Hall–Kier alpha value is -2.10. The van der Waals surface area contributed by atoms with Crippen LogP contribution in [0.2, 0.25) is 0 Å². The van der Waals surface area contributed by atoms with E-state index in [4.69, 9.17) is 0 Å². The van der Waals surface area contributed by atoms with Crippen LogP contribution in [0.5, 0.6) is 0 Å². The summed E-state index contributed by atoms with van der Waals surface area (Å²) in [6.07, 6.45) is 3.46.